The Kier molecular flexibility index (Phi) is 13.4. The van der Waals surface area contributed by atoms with E-state index < -0.39 is 0 Å². The summed E-state index contributed by atoms with van der Waals surface area (Å²) in [5.41, 5.74) is 0. The van der Waals surface area contributed by atoms with E-state index in [1.165, 1.54) is 49.6 Å². The van der Waals surface area contributed by atoms with E-state index in [0.29, 0.717) is 0 Å². The summed E-state index contributed by atoms with van der Waals surface area (Å²) in [5, 5.41) is 5.39. The van der Waals surface area contributed by atoms with E-state index >= 15 is 0 Å². The molecule has 1 aliphatic carbocycles. The number of benzene rings is 2. The zero-order valence-corrected chi connectivity index (χ0v) is 19.0. The second kappa shape index (κ2) is 13.6. The van der Waals surface area contributed by atoms with Crippen molar-refractivity contribution in [2.75, 3.05) is 0 Å². The molecule has 0 saturated carbocycles. The summed E-state index contributed by atoms with van der Waals surface area (Å²) < 4.78 is 0. The van der Waals surface area contributed by atoms with Crippen molar-refractivity contribution in [3.05, 3.63) is 78.9 Å². The van der Waals surface area contributed by atoms with Gasteiger partial charge in [0.1, 0.15) is 0 Å². The van der Waals surface area contributed by atoms with Crippen molar-refractivity contribution in [3.63, 3.8) is 0 Å². The second-order valence-corrected chi connectivity index (χ2v) is 6.93. The number of rotatable bonds is 0. The third-order valence-corrected chi connectivity index (χ3v) is 5.23. The standard InChI is InChI=1S/C13H9.C5H5.C3H6Si.2ClH.Zr/c1-3-7-12-10(5-1)9-11-6-2-4-8-13(11)12;1-2-4-5-3-1;1-2-4-3-1;;;/h1-9H;1-3H,4H2;1-3H2;2*1H;/q2*-1;;;;+4/p-2. The molecule has 0 N–H and O–H groups in total. The predicted octanol–water partition coefficient (Wildman–Crippen LogP) is -0.0460. The monoisotopic (exact) mass is 460 g/mol. The van der Waals surface area contributed by atoms with E-state index in [2.05, 4.69) is 66.7 Å². The SMILES string of the molecule is C1C[Si]C1.[C-]1=CC=CC1.[Cl-].[Cl-].[Zr+4].c1ccc2c(c1)[cH-]c1ccccc12. The van der Waals surface area contributed by atoms with Gasteiger partial charge in [0.15, 0.2) is 0 Å². The van der Waals surface area contributed by atoms with E-state index in [1.54, 1.807) is 0 Å². The minimum Gasteiger partial charge on any atom is -1.00 e. The largest absolute Gasteiger partial charge is 4.00 e. The molecule has 5 rings (SSSR count). The smallest absolute Gasteiger partial charge is 1.00 e. The first-order valence-electron chi connectivity index (χ1n) is 7.91. The first-order chi connectivity index (χ1) is 10.9. The van der Waals surface area contributed by atoms with Gasteiger partial charge in [-0.3, -0.25) is 6.08 Å². The van der Waals surface area contributed by atoms with E-state index in [0.717, 1.165) is 6.42 Å². The van der Waals surface area contributed by atoms with Crippen LogP contribution < -0.4 is 24.8 Å². The molecule has 0 bridgehead atoms. The minimum absolute atomic E-state index is 0. The van der Waals surface area contributed by atoms with Crippen molar-refractivity contribution >= 4 is 31.1 Å². The normalized spacial score (nSPS) is 13.1. The Labute approximate surface area is 184 Å². The quantitative estimate of drug-likeness (QED) is 0.325. The van der Waals surface area contributed by atoms with E-state index in [1.807, 2.05) is 12.2 Å². The fraction of sp³-hybridized carbons (Fsp3) is 0.190. The van der Waals surface area contributed by atoms with Crippen LogP contribution in [0.25, 0.3) is 21.5 Å². The van der Waals surface area contributed by atoms with Crippen molar-refractivity contribution in [2.24, 2.45) is 0 Å². The van der Waals surface area contributed by atoms with E-state index in [-0.39, 0.29) is 51.0 Å². The Morgan fingerprint density at radius 1 is 0.840 bits per heavy atom. The van der Waals surface area contributed by atoms with Gasteiger partial charge >= 0.3 is 26.2 Å². The third kappa shape index (κ3) is 7.31. The minimum atomic E-state index is 0. The molecular weight excluding hydrogens is 442 g/mol. The molecule has 3 aromatic carbocycles. The average molecular weight is 463 g/mol. The first-order valence-corrected chi connectivity index (χ1v) is 9.32. The summed E-state index contributed by atoms with van der Waals surface area (Å²) in [6.45, 7) is 0. The van der Waals surface area contributed by atoms with Gasteiger partial charge in [-0.1, -0.05) is 54.9 Å². The second-order valence-electron chi connectivity index (χ2n) is 5.43. The zero-order valence-electron chi connectivity index (χ0n) is 14.0. The molecule has 1 heterocycles. The molecule has 1 fully saturated rings. The molecule has 1 saturated heterocycles. The number of hydrogen-bond donors (Lipinski definition) is 0. The topological polar surface area (TPSA) is 0 Å². The molecule has 0 spiro atoms. The fourth-order valence-electron chi connectivity index (χ4n) is 2.42. The average Bonchev–Trinajstić information content (AvgIpc) is 3.17. The van der Waals surface area contributed by atoms with Gasteiger partial charge in [-0.15, -0.1) is 46.2 Å². The molecule has 2 aliphatic rings. The van der Waals surface area contributed by atoms with Gasteiger partial charge in [-0.25, -0.2) is 12.2 Å². The van der Waals surface area contributed by atoms with Crippen LogP contribution in [0.4, 0.5) is 0 Å². The Hall–Kier alpha value is -0.530. The Bertz CT molecular complexity index is 724. The van der Waals surface area contributed by atoms with Crippen molar-refractivity contribution in [1.82, 2.24) is 0 Å². The van der Waals surface area contributed by atoms with Crippen LogP contribution >= 0.6 is 0 Å². The van der Waals surface area contributed by atoms with Crippen LogP contribution in [0.15, 0.2) is 72.8 Å². The predicted molar refractivity (Wildman–Crippen MR) is 98.6 cm³/mol. The van der Waals surface area contributed by atoms with Gasteiger partial charge in [-0.2, -0.15) is 6.08 Å². The Balaban J connectivity index is 0.000000406. The van der Waals surface area contributed by atoms with Gasteiger partial charge in [0, 0.05) is 9.52 Å². The molecule has 3 aromatic rings. The molecule has 0 amide bonds. The van der Waals surface area contributed by atoms with Crippen molar-refractivity contribution in [1.29, 1.82) is 0 Å². The van der Waals surface area contributed by atoms with Gasteiger partial charge < -0.3 is 24.8 Å². The van der Waals surface area contributed by atoms with E-state index in [4.69, 9.17) is 0 Å². The summed E-state index contributed by atoms with van der Waals surface area (Å²) in [7, 11) is 1.32. The molecule has 0 unspecified atom stereocenters. The number of halogens is 2. The van der Waals surface area contributed by atoms with Crippen LogP contribution in [0, 0.1) is 6.08 Å². The molecule has 1 aliphatic heterocycles. The summed E-state index contributed by atoms with van der Waals surface area (Å²) in [6.07, 6.45) is 11.5. The van der Waals surface area contributed by atoms with Crippen molar-refractivity contribution in [2.45, 2.75) is 24.9 Å². The van der Waals surface area contributed by atoms with Crippen LogP contribution in [-0.2, 0) is 26.2 Å². The van der Waals surface area contributed by atoms with Crippen molar-refractivity contribution in [3.8, 4) is 0 Å². The molecule has 0 aromatic heterocycles. The molecule has 0 atom stereocenters. The maximum atomic E-state index is 2.99. The molecule has 4 heteroatoms. The molecule has 25 heavy (non-hydrogen) atoms. The fourth-order valence-corrected chi connectivity index (χ4v) is 2.77. The van der Waals surface area contributed by atoms with E-state index in [9.17, 15) is 0 Å². The van der Waals surface area contributed by atoms with Gasteiger partial charge in [0.25, 0.3) is 0 Å². The van der Waals surface area contributed by atoms with Crippen LogP contribution in [-0.4, -0.2) is 9.52 Å². The van der Waals surface area contributed by atoms with Crippen molar-refractivity contribution < 1.29 is 51.0 Å². The summed E-state index contributed by atoms with van der Waals surface area (Å²) in [6, 6.07) is 22.3. The van der Waals surface area contributed by atoms with Crippen LogP contribution in [0.1, 0.15) is 12.8 Å². The molecular formula is C21H20Cl2SiZr. The van der Waals surface area contributed by atoms with Crippen LogP contribution in [0.5, 0.6) is 0 Å². The Morgan fingerprint density at radius 3 is 1.64 bits per heavy atom. The molecule has 126 valence electrons. The Morgan fingerprint density at radius 2 is 1.32 bits per heavy atom. The maximum absolute atomic E-state index is 2.99. The molecule has 0 nitrogen and oxygen atoms in total. The van der Waals surface area contributed by atoms with Crippen LogP contribution in [0.2, 0.25) is 12.1 Å². The molecule has 2 radical (unpaired) electrons. The van der Waals surface area contributed by atoms with Gasteiger partial charge in [0.2, 0.25) is 0 Å². The summed E-state index contributed by atoms with van der Waals surface area (Å²) >= 11 is 0. The summed E-state index contributed by atoms with van der Waals surface area (Å²) in [4.78, 5) is 0. The van der Waals surface area contributed by atoms with Crippen LogP contribution in [0.3, 0.4) is 0 Å². The summed E-state index contributed by atoms with van der Waals surface area (Å²) in [5.74, 6) is 0. The number of fused-ring (bicyclic) bond motifs is 3. The zero-order chi connectivity index (χ0) is 15.0. The van der Waals surface area contributed by atoms with Gasteiger partial charge in [0.05, 0.1) is 0 Å². The van der Waals surface area contributed by atoms with Gasteiger partial charge in [-0.05, 0) is 0 Å². The number of hydrogen-bond acceptors (Lipinski definition) is 0. The number of allylic oxidation sites excluding steroid dienone is 4. The third-order valence-electron chi connectivity index (χ3n) is 3.82. The maximum Gasteiger partial charge on any atom is 4.00 e. The first kappa shape index (κ1) is 24.5.